The quantitative estimate of drug-likeness (QED) is 0.763. The molecular weight excluding hydrogens is 322 g/mol. The number of benzene rings is 1. The molecule has 0 atom stereocenters. The summed E-state index contributed by atoms with van der Waals surface area (Å²) in [5.74, 6) is 0.778. The molecule has 0 spiro atoms. The van der Waals surface area contributed by atoms with Gasteiger partial charge in [-0.2, -0.15) is 0 Å². The van der Waals surface area contributed by atoms with Crippen LogP contribution in [-0.2, 0) is 16.6 Å². The number of carbonyl (C=O) groups is 1. The third kappa shape index (κ3) is 5.60. The number of nitrogens with one attached hydrogen (secondary N) is 1. The summed E-state index contributed by atoms with van der Waals surface area (Å²) >= 11 is 1.42. The van der Waals surface area contributed by atoms with E-state index < -0.39 is 0 Å². The summed E-state index contributed by atoms with van der Waals surface area (Å²) in [5, 5.41) is 12.2. The summed E-state index contributed by atoms with van der Waals surface area (Å²) in [6, 6.07) is 8.13. The Morgan fingerprint density at radius 1 is 1.21 bits per heavy atom. The molecule has 1 N–H and O–H groups in total. The highest BCUT2D eigenvalue weighted by Crippen LogP contribution is 2.24. The topological polar surface area (TPSA) is 64.1 Å². The average Bonchev–Trinajstić information content (AvgIpc) is 2.99. The van der Waals surface area contributed by atoms with Crippen LogP contribution < -0.4 is 10.1 Å². The van der Waals surface area contributed by atoms with Crippen molar-refractivity contribution >= 4 is 22.4 Å². The van der Waals surface area contributed by atoms with E-state index in [0.29, 0.717) is 24.6 Å². The Morgan fingerprint density at radius 2 is 1.92 bits per heavy atom. The van der Waals surface area contributed by atoms with Crippen molar-refractivity contribution in [2.45, 2.75) is 52.4 Å². The van der Waals surface area contributed by atoms with E-state index >= 15 is 0 Å². The van der Waals surface area contributed by atoms with Gasteiger partial charge in [-0.05, 0) is 36.0 Å². The number of aryl methyl sites for hydroxylation is 1. The maximum atomic E-state index is 11.8. The zero-order valence-electron chi connectivity index (χ0n) is 14.8. The SMILES string of the molecule is CCc1nnc(NC(=O)CCCOc2ccc(C(C)(C)C)cc2)s1. The molecule has 0 saturated carbocycles. The Morgan fingerprint density at radius 3 is 2.50 bits per heavy atom. The van der Waals surface area contributed by atoms with E-state index in [1.165, 1.54) is 16.9 Å². The van der Waals surface area contributed by atoms with Gasteiger partial charge in [0.05, 0.1) is 6.61 Å². The zero-order chi connectivity index (χ0) is 17.6. The van der Waals surface area contributed by atoms with E-state index in [1.807, 2.05) is 19.1 Å². The van der Waals surface area contributed by atoms with Crippen LogP contribution in [0.1, 0.15) is 51.1 Å². The molecule has 1 heterocycles. The van der Waals surface area contributed by atoms with Gasteiger partial charge in [-0.1, -0.05) is 51.2 Å². The van der Waals surface area contributed by atoms with Crippen LogP contribution in [0, 0.1) is 0 Å². The number of nitrogens with zero attached hydrogens (tertiary/aromatic N) is 2. The lowest BCUT2D eigenvalue weighted by atomic mass is 9.87. The van der Waals surface area contributed by atoms with Crippen molar-refractivity contribution in [2.75, 3.05) is 11.9 Å². The molecule has 5 nitrogen and oxygen atoms in total. The molecule has 0 aliphatic carbocycles. The smallest absolute Gasteiger partial charge is 0.226 e. The molecule has 0 aliphatic heterocycles. The summed E-state index contributed by atoms with van der Waals surface area (Å²) in [6.45, 7) is 9.07. The van der Waals surface area contributed by atoms with Crippen LogP contribution in [0.25, 0.3) is 0 Å². The van der Waals surface area contributed by atoms with Gasteiger partial charge in [0.2, 0.25) is 11.0 Å². The second kappa shape index (κ2) is 8.24. The molecule has 130 valence electrons. The van der Waals surface area contributed by atoms with E-state index in [0.717, 1.165) is 17.2 Å². The second-order valence-corrected chi connectivity index (χ2v) is 7.69. The van der Waals surface area contributed by atoms with Crippen molar-refractivity contribution < 1.29 is 9.53 Å². The van der Waals surface area contributed by atoms with Crippen LogP contribution in [0.5, 0.6) is 5.75 Å². The predicted octanol–water partition coefficient (Wildman–Crippen LogP) is 4.20. The average molecular weight is 347 g/mol. The first-order valence-electron chi connectivity index (χ1n) is 8.24. The molecule has 0 radical (unpaired) electrons. The van der Waals surface area contributed by atoms with Gasteiger partial charge in [0, 0.05) is 6.42 Å². The van der Waals surface area contributed by atoms with E-state index in [2.05, 4.69) is 48.4 Å². The number of anilines is 1. The Hall–Kier alpha value is -1.95. The van der Waals surface area contributed by atoms with Crippen molar-refractivity contribution in [3.8, 4) is 5.75 Å². The standard InChI is InChI=1S/C18H25N3O2S/c1-5-16-20-21-17(24-16)19-15(22)7-6-12-23-14-10-8-13(9-11-14)18(2,3)4/h8-11H,5-7,12H2,1-4H3,(H,19,21,22). The fourth-order valence-electron chi connectivity index (χ4n) is 2.10. The van der Waals surface area contributed by atoms with Crippen LogP contribution >= 0.6 is 11.3 Å². The zero-order valence-corrected chi connectivity index (χ0v) is 15.6. The normalized spacial score (nSPS) is 11.3. The van der Waals surface area contributed by atoms with E-state index in [-0.39, 0.29) is 11.3 Å². The Labute approximate surface area is 147 Å². The van der Waals surface area contributed by atoms with Crippen molar-refractivity contribution in [3.05, 3.63) is 34.8 Å². The number of carbonyl (C=O) groups excluding carboxylic acids is 1. The van der Waals surface area contributed by atoms with Crippen LogP contribution in [0.4, 0.5) is 5.13 Å². The molecule has 0 aliphatic rings. The third-order valence-electron chi connectivity index (χ3n) is 3.55. The molecule has 0 unspecified atom stereocenters. The van der Waals surface area contributed by atoms with Gasteiger partial charge in [0.25, 0.3) is 0 Å². The molecule has 2 rings (SSSR count). The first-order chi connectivity index (χ1) is 11.4. The Bertz CT molecular complexity index is 660. The number of ether oxygens (including phenoxy) is 1. The van der Waals surface area contributed by atoms with E-state index in [4.69, 9.17) is 4.74 Å². The van der Waals surface area contributed by atoms with Gasteiger partial charge in [-0.3, -0.25) is 4.79 Å². The molecule has 0 bridgehead atoms. The minimum Gasteiger partial charge on any atom is -0.494 e. The summed E-state index contributed by atoms with van der Waals surface area (Å²) in [7, 11) is 0. The summed E-state index contributed by atoms with van der Waals surface area (Å²) in [5.41, 5.74) is 1.41. The van der Waals surface area contributed by atoms with Crippen molar-refractivity contribution in [3.63, 3.8) is 0 Å². The van der Waals surface area contributed by atoms with Crippen LogP contribution in [-0.4, -0.2) is 22.7 Å². The minimum atomic E-state index is -0.0551. The lowest BCUT2D eigenvalue weighted by molar-refractivity contribution is -0.116. The summed E-state index contributed by atoms with van der Waals surface area (Å²) in [6.07, 6.45) is 1.89. The predicted molar refractivity (Wildman–Crippen MR) is 97.8 cm³/mol. The first-order valence-corrected chi connectivity index (χ1v) is 9.05. The number of hydrogen-bond acceptors (Lipinski definition) is 5. The van der Waals surface area contributed by atoms with E-state index in [9.17, 15) is 4.79 Å². The van der Waals surface area contributed by atoms with Gasteiger partial charge in [-0.25, -0.2) is 0 Å². The first kappa shape index (κ1) is 18.4. The van der Waals surface area contributed by atoms with Gasteiger partial charge in [0.15, 0.2) is 0 Å². The van der Waals surface area contributed by atoms with Gasteiger partial charge >= 0.3 is 0 Å². The Balaban J connectivity index is 1.69. The molecular formula is C18H25N3O2S. The Kier molecular flexibility index (Phi) is 6.31. The fraction of sp³-hybridized carbons (Fsp3) is 0.500. The highest BCUT2D eigenvalue weighted by molar-refractivity contribution is 7.15. The van der Waals surface area contributed by atoms with Crippen molar-refractivity contribution in [1.29, 1.82) is 0 Å². The van der Waals surface area contributed by atoms with Crippen LogP contribution in [0.3, 0.4) is 0 Å². The maximum absolute atomic E-state index is 11.8. The lowest BCUT2D eigenvalue weighted by Gasteiger charge is -2.19. The molecule has 1 aromatic heterocycles. The summed E-state index contributed by atoms with van der Waals surface area (Å²) in [4.78, 5) is 11.8. The minimum absolute atomic E-state index is 0.0551. The van der Waals surface area contributed by atoms with Gasteiger partial charge in [-0.15, -0.1) is 10.2 Å². The van der Waals surface area contributed by atoms with Crippen molar-refractivity contribution in [2.24, 2.45) is 0 Å². The third-order valence-corrected chi connectivity index (χ3v) is 4.54. The highest BCUT2D eigenvalue weighted by atomic mass is 32.1. The molecule has 1 amide bonds. The molecule has 2 aromatic rings. The van der Waals surface area contributed by atoms with Crippen LogP contribution in [0.15, 0.2) is 24.3 Å². The van der Waals surface area contributed by atoms with E-state index in [1.54, 1.807) is 0 Å². The number of amides is 1. The number of aromatic nitrogens is 2. The molecule has 0 fully saturated rings. The largest absolute Gasteiger partial charge is 0.494 e. The molecule has 6 heteroatoms. The summed E-state index contributed by atoms with van der Waals surface area (Å²) < 4.78 is 5.69. The van der Waals surface area contributed by atoms with Crippen molar-refractivity contribution in [1.82, 2.24) is 10.2 Å². The monoisotopic (exact) mass is 347 g/mol. The molecule has 0 saturated heterocycles. The number of hydrogen-bond donors (Lipinski definition) is 1. The molecule has 1 aromatic carbocycles. The maximum Gasteiger partial charge on any atom is 0.226 e. The highest BCUT2D eigenvalue weighted by Gasteiger charge is 2.13. The van der Waals surface area contributed by atoms with Gasteiger partial charge in [0.1, 0.15) is 10.8 Å². The second-order valence-electron chi connectivity index (χ2n) is 6.63. The molecule has 24 heavy (non-hydrogen) atoms. The number of rotatable bonds is 7. The van der Waals surface area contributed by atoms with Gasteiger partial charge < -0.3 is 10.1 Å². The lowest BCUT2D eigenvalue weighted by Crippen LogP contribution is -2.13. The fourth-order valence-corrected chi connectivity index (χ4v) is 2.80. The van der Waals surface area contributed by atoms with Crippen LogP contribution in [0.2, 0.25) is 0 Å².